The molecule has 134 valence electrons. The van der Waals surface area contributed by atoms with Gasteiger partial charge in [-0.1, -0.05) is 59.5 Å². The van der Waals surface area contributed by atoms with Crippen molar-refractivity contribution in [2.24, 2.45) is 0 Å². The van der Waals surface area contributed by atoms with Crippen LogP contribution in [-0.4, -0.2) is 22.5 Å². The summed E-state index contributed by atoms with van der Waals surface area (Å²) in [6.45, 7) is 3.81. The maximum atomic E-state index is 13.6. The lowest BCUT2D eigenvalue weighted by atomic mass is 10.1. The van der Waals surface area contributed by atoms with Gasteiger partial charge in [-0.2, -0.15) is 0 Å². The lowest BCUT2D eigenvalue weighted by Crippen LogP contribution is -2.14. The quantitative estimate of drug-likeness (QED) is 0.462. The number of benzene rings is 2. The van der Waals surface area contributed by atoms with E-state index >= 15 is 0 Å². The predicted octanol–water partition coefficient (Wildman–Crippen LogP) is 4.88. The number of thioether (sulfide) groups is 1. The molecule has 0 saturated carbocycles. The third-order valence-corrected chi connectivity index (χ3v) is 5.98. The first-order valence-electron chi connectivity index (χ1n) is 8.07. The fourth-order valence-electron chi connectivity index (χ4n) is 2.28. The van der Waals surface area contributed by atoms with Crippen LogP contribution in [0.25, 0.3) is 0 Å². The number of nitrogens with one attached hydrogen (secondary N) is 1. The second-order valence-corrected chi connectivity index (χ2v) is 8.03. The van der Waals surface area contributed by atoms with Crippen molar-refractivity contribution < 1.29 is 9.18 Å². The van der Waals surface area contributed by atoms with Crippen LogP contribution < -0.4 is 5.32 Å². The number of nitrogens with zero attached hydrogens (tertiary/aromatic N) is 2. The Kier molecular flexibility index (Phi) is 6.00. The predicted molar refractivity (Wildman–Crippen MR) is 105 cm³/mol. The molecule has 0 aliphatic heterocycles. The summed E-state index contributed by atoms with van der Waals surface area (Å²) in [6.07, 6.45) is 0. The van der Waals surface area contributed by atoms with Gasteiger partial charge in [0, 0.05) is 11.3 Å². The zero-order valence-corrected chi connectivity index (χ0v) is 16.1. The van der Waals surface area contributed by atoms with Gasteiger partial charge in [0.15, 0.2) is 10.1 Å². The topological polar surface area (TPSA) is 54.9 Å². The highest BCUT2D eigenvalue weighted by Crippen LogP contribution is 2.29. The highest BCUT2D eigenvalue weighted by molar-refractivity contribution is 8.00. The molecule has 0 amide bonds. The fourth-order valence-corrected chi connectivity index (χ4v) is 4.10. The molecular formula is C19H18FN3OS2. The summed E-state index contributed by atoms with van der Waals surface area (Å²) in [7, 11) is 0. The average Bonchev–Trinajstić information content (AvgIpc) is 3.09. The standard InChI is InChI=1S/C19H18FN3OS2/c1-12-5-3-4-6-15(12)11-25-19-23-22-18(26-19)21-10-17(24)14-8-7-13(2)16(20)9-14/h3-9H,10-11H2,1-2H3,(H,21,22). The van der Waals surface area contributed by atoms with Crippen LogP contribution in [0.15, 0.2) is 46.8 Å². The number of hydrogen-bond acceptors (Lipinski definition) is 6. The first kappa shape index (κ1) is 18.5. The van der Waals surface area contributed by atoms with E-state index in [2.05, 4.69) is 34.6 Å². The third-order valence-electron chi connectivity index (χ3n) is 3.91. The second kappa shape index (κ2) is 8.42. The van der Waals surface area contributed by atoms with Crippen molar-refractivity contribution in [3.8, 4) is 0 Å². The van der Waals surface area contributed by atoms with Crippen molar-refractivity contribution in [2.75, 3.05) is 11.9 Å². The van der Waals surface area contributed by atoms with E-state index in [1.54, 1.807) is 30.8 Å². The van der Waals surface area contributed by atoms with Crippen LogP contribution in [0.4, 0.5) is 9.52 Å². The minimum absolute atomic E-state index is 0.0552. The Balaban J connectivity index is 1.54. The van der Waals surface area contributed by atoms with Crippen molar-refractivity contribution in [1.82, 2.24) is 10.2 Å². The molecule has 1 heterocycles. The van der Waals surface area contributed by atoms with E-state index in [9.17, 15) is 9.18 Å². The Morgan fingerprint density at radius 2 is 1.96 bits per heavy atom. The van der Waals surface area contributed by atoms with E-state index in [1.807, 2.05) is 12.1 Å². The van der Waals surface area contributed by atoms with Crippen LogP contribution in [0.3, 0.4) is 0 Å². The minimum atomic E-state index is -0.373. The maximum Gasteiger partial charge on any atom is 0.206 e. The second-order valence-electron chi connectivity index (χ2n) is 5.83. The van der Waals surface area contributed by atoms with E-state index < -0.39 is 0 Å². The summed E-state index contributed by atoms with van der Waals surface area (Å²) in [5.74, 6) is 0.262. The van der Waals surface area contributed by atoms with Gasteiger partial charge in [-0.05, 0) is 36.6 Å². The molecule has 0 aliphatic rings. The number of ketones is 1. The zero-order chi connectivity index (χ0) is 18.5. The van der Waals surface area contributed by atoms with Gasteiger partial charge in [0.05, 0.1) is 6.54 Å². The third kappa shape index (κ3) is 4.68. The van der Waals surface area contributed by atoms with Gasteiger partial charge >= 0.3 is 0 Å². The lowest BCUT2D eigenvalue weighted by molar-refractivity contribution is 0.101. The summed E-state index contributed by atoms with van der Waals surface area (Å²) < 4.78 is 14.4. The van der Waals surface area contributed by atoms with Gasteiger partial charge in [0.25, 0.3) is 0 Å². The molecule has 0 bridgehead atoms. The molecule has 4 nitrogen and oxygen atoms in total. The van der Waals surface area contributed by atoms with E-state index in [0.717, 1.165) is 10.1 Å². The average molecular weight is 388 g/mol. The number of anilines is 1. The van der Waals surface area contributed by atoms with E-state index in [1.165, 1.54) is 28.5 Å². The molecule has 0 spiro atoms. The molecule has 7 heteroatoms. The van der Waals surface area contributed by atoms with Gasteiger partial charge in [-0.3, -0.25) is 4.79 Å². The Bertz CT molecular complexity index is 927. The Labute approximate surface area is 159 Å². The van der Waals surface area contributed by atoms with Gasteiger partial charge in [-0.25, -0.2) is 4.39 Å². The van der Waals surface area contributed by atoms with Crippen LogP contribution in [-0.2, 0) is 5.75 Å². The van der Waals surface area contributed by atoms with Gasteiger partial charge in [-0.15, -0.1) is 10.2 Å². The molecule has 1 aromatic heterocycles. The Morgan fingerprint density at radius 1 is 1.15 bits per heavy atom. The monoisotopic (exact) mass is 387 g/mol. The van der Waals surface area contributed by atoms with Crippen molar-refractivity contribution in [3.63, 3.8) is 0 Å². The molecule has 0 atom stereocenters. The first-order valence-corrected chi connectivity index (χ1v) is 9.87. The number of Topliss-reactive ketones (excluding diaryl/α,β-unsaturated/α-hetero) is 1. The highest BCUT2D eigenvalue weighted by Gasteiger charge is 2.11. The number of aryl methyl sites for hydroxylation is 2. The highest BCUT2D eigenvalue weighted by atomic mass is 32.2. The number of rotatable bonds is 7. The largest absolute Gasteiger partial charge is 0.353 e. The van der Waals surface area contributed by atoms with Crippen LogP contribution >= 0.6 is 23.1 Å². The zero-order valence-electron chi connectivity index (χ0n) is 14.5. The van der Waals surface area contributed by atoms with Crippen LogP contribution in [0, 0.1) is 19.7 Å². The molecule has 0 aliphatic carbocycles. The maximum absolute atomic E-state index is 13.6. The lowest BCUT2D eigenvalue weighted by Gasteiger charge is -2.03. The number of hydrogen-bond donors (Lipinski definition) is 1. The summed E-state index contributed by atoms with van der Waals surface area (Å²) in [4.78, 5) is 12.2. The van der Waals surface area contributed by atoms with Crippen molar-refractivity contribution in [2.45, 2.75) is 23.9 Å². The number of halogens is 1. The molecule has 3 aromatic rings. The molecule has 0 unspecified atom stereocenters. The SMILES string of the molecule is Cc1ccc(C(=O)CNc2nnc(SCc3ccccc3C)s2)cc1F. The van der Waals surface area contributed by atoms with Gasteiger partial charge in [0.2, 0.25) is 5.13 Å². The molecule has 2 aromatic carbocycles. The fraction of sp³-hybridized carbons (Fsp3) is 0.211. The van der Waals surface area contributed by atoms with E-state index in [-0.39, 0.29) is 18.1 Å². The molecule has 3 rings (SSSR count). The number of carbonyl (C=O) groups excluding carboxylic acids is 1. The van der Waals surface area contributed by atoms with Crippen LogP contribution in [0.1, 0.15) is 27.0 Å². The molecule has 1 N–H and O–H groups in total. The van der Waals surface area contributed by atoms with Gasteiger partial charge in [0.1, 0.15) is 5.82 Å². The molecule has 0 radical (unpaired) electrons. The Hall–Kier alpha value is -2.25. The summed E-state index contributed by atoms with van der Waals surface area (Å²) in [6, 6.07) is 12.7. The van der Waals surface area contributed by atoms with E-state index in [0.29, 0.717) is 16.3 Å². The number of carbonyl (C=O) groups is 1. The normalized spacial score (nSPS) is 10.7. The molecule has 26 heavy (non-hydrogen) atoms. The smallest absolute Gasteiger partial charge is 0.206 e. The molecular weight excluding hydrogens is 369 g/mol. The van der Waals surface area contributed by atoms with Crippen LogP contribution in [0.5, 0.6) is 0 Å². The van der Waals surface area contributed by atoms with Gasteiger partial charge < -0.3 is 5.32 Å². The molecule has 0 fully saturated rings. The summed E-state index contributed by atoms with van der Waals surface area (Å²) in [5.41, 5.74) is 3.38. The van der Waals surface area contributed by atoms with Crippen molar-refractivity contribution in [3.05, 3.63) is 70.5 Å². The summed E-state index contributed by atoms with van der Waals surface area (Å²) in [5, 5.41) is 11.7. The first-order chi connectivity index (χ1) is 12.5. The summed E-state index contributed by atoms with van der Waals surface area (Å²) >= 11 is 3.02. The Morgan fingerprint density at radius 3 is 2.73 bits per heavy atom. The van der Waals surface area contributed by atoms with Crippen molar-refractivity contribution in [1.29, 1.82) is 0 Å². The number of aromatic nitrogens is 2. The minimum Gasteiger partial charge on any atom is -0.353 e. The van der Waals surface area contributed by atoms with Crippen molar-refractivity contribution >= 4 is 34.0 Å². The van der Waals surface area contributed by atoms with Crippen LogP contribution in [0.2, 0.25) is 0 Å². The van der Waals surface area contributed by atoms with E-state index in [4.69, 9.17) is 0 Å². The molecule has 0 saturated heterocycles.